The van der Waals surface area contributed by atoms with E-state index in [9.17, 15) is 4.79 Å². The van der Waals surface area contributed by atoms with Gasteiger partial charge in [-0.3, -0.25) is 4.79 Å². The van der Waals surface area contributed by atoms with Crippen LogP contribution >= 0.6 is 11.6 Å². The molecule has 1 amide bonds. The second-order valence-electron chi connectivity index (χ2n) is 12.5. The van der Waals surface area contributed by atoms with Crippen molar-refractivity contribution in [2.45, 2.75) is 70.6 Å². The van der Waals surface area contributed by atoms with E-state index in [0.717, 1.165) is 35.3 Å². The van der Waals surface area contributed by atoms with Crippen LogP contribution in [0.15, 0.2) is 60.7 Å². The normalized spacial score (nSPS) is 21.0. The summed E-state index contributed by atoms with van der Waals surface area (Å²) >= 11 is 6.28. The number of rotatable bonds is 10. The molecule has 2 atom stereocenters. The predicted octanol–water partition coefficient (Wildman–Crippen LogP) is 7.76. The van der Waals surface area contributed by atoms with Crippen LogP contribution in [0.2, 0.25) is 5.02 Å². The first-order valence-corrected chi connectivity index (χ1v) is 16.0. The third-order valence-electron chi connectivity index (χ3n) is 9.32. The van der Waals surface area contributed by atoms with Crippen LogP contribution < -0.4 is 19.3 Å². The lowest BCUT2D eigenvalue weighted by molar-refractivity contribution is -0.118. The molecule has 5 rings (SSSR count). The molecule has 1 fully saturated rings. The smallest absolute Gasteiger partial charge is 0.232 e. The van der Waals surface area contributed by atoms with Crippen LogP contribution in [-0.4, -0.2) is 57.8 Å². The number of fused-ring (bicyclic) bond motifs is 1. The quantitative estimate of drug-likeness (QED) is 0.237. The molecule has 0 bridgehead atoms. The average molecular weight is 604 g/mol. The van der Waals surface area contributed by atoms with Gasteiger partial charge in [0.15, 0.2) is 11.5 Å². The second kappa shape index (κ2) is 13.6. The lowest BCUT2D eigenvalue weighted by atomic mass is 9.85. The first-order valence-electron chi connectivity index (χ1n) is 15.6. The molecule has 0 aromatic heterocycles. The molecule has 3 aromatic rings. The van der Waals surface area contributed by atoms with E-state index in [1.54, 1.807) is 7.11 Å². The summed E-state index contributed by atoms with van der Waals surface area (Å²) < 4.78 is 12.0. The molecular weight excluding hydrogens is 558 g/mol. The van der Waals surface area contributed by atoms with Gasteiger partial charge in [-0.05, 0) is 124 Å². The summed E-state index contributed by atoms with van der Waals surface area (Å²) in [5.41, 5.74) is 5.03. The molecule has 0 spiro atoms. The van der Waals surface area contributed by atoms with Gasteiger partial charge in [-0.25, -0.2) is 0 Å². The zero-order chi connectivity index (χ0) is 30.7. The molecule has 1 saturated carbocycles. The number of hydrogen-bond donors (Lipinski definition) is 0. The van der Waals surface area contributed by atoms with Crippen LogP contribution in [0.4, 0.5) is 11.4 Å². The van der Waals surface area contributed by atoms with Crippen molar-refractivity contribution in [1.82, 2.24) is 4.90 Å². The number of carbonyl (C=O) groups excluding carboxylic acids is 1. The molecule has 7 heteroatoms. The van der Waals surface area contributed by atoms with Crippen molar-refractivity contribution in [2.75, 3.05) is 44.6 Å². The monoisotopic (exact) mass is 603 g/mol. The lowest BCUT2D eigenvalue weighted by Crippen LogP contribution is -2.41. The largest absolute Gasteiger partial charge is 0.493 e. The van der Waals surface area contributed by atoms with E-state index < -0.39 is 0 Å². The van der Waals surface area contributed by atoms with Gasteiger partial charge in [0.2, 0.25) is 5.91 Å². The van der Waals surface area contributed by atoms with Crippen LogP contribution in [0.25, 0.3) is 0 Å². The van der Waals surface area contributed by atoms with Gasteiger partial charge in [-0.15, -0.1) is 0 Å². The zero-order valence-electron chi connectivity index (χ0n) is 26.5. The summed E-state index contributed by atoms with van der Waals surface area (Å²) in [5.74, 6) is 2.10. The molecule has 6 nitrogen and oxygen atoms in total. The van der Waals surface area contributed by atoms with Crippen LogP contribution in [0, 0.1) is 5.92 Å². The van der Waals surface area contributed by atoms with Gasteiger partial charge in [0.05, 0.1) is 25.7 Å². The molecule has 230 valence electrons. The van der Waals surface area contributed by atoms with E-state index in [0.29, 0.717) is 28.5 Å². The second-order valence-corrected chi connectivity index (χ2v) is 12.9. The Labute approximate surface area is 262 Å². The van der Waals surface area contributed by atoms with E-state index in [1.807, 2.05) is 35.2 Å². The van der Waals surface area contributed by atoms with Gasteiger partial charge in [0.1, 0.15) is 0 Å². The van der Waals surface area contributed by atoms with E-state index in [4.69, 9.17) is 21.1 Å². The van der Waals surface area contributed by atoms with Gasteiger partial charge < -0.3 is 24.2 Å². The summed E-state index contributed by atoms with van der Waals surface area (Å²) in [6.07, 6.45) is 6.28. The number of anilines is 2. The van der Waals surface area contributed by atoms with E-state index >= 15 is 0 Å². The summed E-state index contributed by atoms with van der Waals surface area (Å²) in [5, 5.41) is 0.663. The average Bonchev–Trinajstić information content (AvgIpc) is 3.01. The number of ether oxygens (including phenoxy) is 2. The number of benzene rings is 3. The highest BCUT2D eigenvalue weighted by Crippen LogP contribution is 2.44. The molecule has 43 heavy (non-hydrogen) atoms. The standard InChI is InChI=1S/C36H46ClN3O3/c1-7-24(2)43-34-22-32-27(20-33(34)42-6)21-35(41)40(36(32)26-10-12-28(37)13-11-26)31-18-16-30(17-19-31)39(5)23-25-8-14-29(15-9-25)38(3)4/h10-13,16-20,22,24-25,29,36H,7-9,14-15,21,23H2,1-6H3/t24-,25?,29?,36-/m1/s1. The fourth-order valence-electron chi connectivity index (χ4n) is 6.58. The van der Waals surface area contributed by atoms with Crippen molar-refractivity contribution in [3.05, 3.63) is 82.4 Å². The van der Waals surface area contributed by atoms with Gasteiger partial charge in [-0.2, -0.15) is 0 Å². The zero-order valence-corrected chi connectivity index (χ0v) is 27.2. The summed E-state index contributed by atoms with van der Waals surface area (Å²) in [6, 6.07) is 20.7. The van der Waals surface area contributed by atoms with Crippen molar-refractivity contribution in [3.63, 3.8) is 0 Å². The van der Waals surface area contributed by atoms with Crippen molar-refractivity contribution >= 4 is 28.9 Å². The lowest BCUT2D eigenvalue weighted by Gasteiger charge is -2.38. The van der Waals surface area contributed by atoms with Gasteiger partial charge in [0, 0.05) is 36.0 Å². The SMILES string of the molecule is CC[C@@H](C)Oc1cc2c(cc1OC)CC(=O)N(c1ccc(N(C)CC3CCC(N(C)C)CC3)cc1)[C@@H]2c1ccc(Cl)cc1. The van der Waals surface area contributed by atoms with Crippen LogP contribution in [-0.2, 0) is 11.2 Å². The molecule has 3 aromatic carbocycles. The maximum atomic E-state index is 13.9. The van der Waals surface area contributed by atoms with Gasteiger partial charge in [-0.1, -0.05) is 30.7 Å². The number of amides is 1. The van der Waals surface area contributed by atoms with E-state index in [-0.39, 0.29) is 24.5 Å². The van der Waals surface area contributed by atoms with Gasteiger partial charge in [0.25, 0.3) is 0 Å². The van der Waals surface area contributed by atoms with Crippen molar-refractivity contribution in [1.29, 1.82) is 0 Å². The summed E-state index contributed by atoms with van der Waals surface area (Å²) in [4.78, 5) is 20.5. The third kappa shape index (κ3) is 6.97. The summed E-state index contributed by atoms with van der Waals surface area (Å²) in [6.45, 7) is 5.20. The minimum absolute atomic E-state index is 0.0369. The minimum Gasteiger partial charge on any atom is -0.493 e. The van der Waals surface area contributed by atoms with Crippen molar-refractivity contribution in [3.8, 4) is 11.5 Å². The maximum Gasteiger partial charge on any atom is 0.232 e. The van der Waals surface area contributed by atoms with Crippen LogP contribution in [0.5, 0.6) is 11.5 Å². The molecule has 0 unspecified atom stereocenters. The van der Waals surface area contributed by atoms with Crippen molar-refractivity contribution in [2.24, 2.45) is 5.92 Å². The molecule has 0 radical (unpaired) electrons. The molecule has 0 N–H and O–H groups in total. The Hall–Kier alpha value is -3.22. The highest BCUT2D eigenvalue weighted by atomic mass is 35.5. The fraction of sp³-hybridized carbons (Fsp3) is 0.472. The number of methoxy groups -OCH3 is 1. The predicted molar refractivity (Wildman–Crippen MR) is 177 cm³/mol. The third-order valence-corrected chi connectivity index (χ3v) is 9.58. The fourth-order valence-corrected chi connectivity index (χ4v) is 6.71. The molecule has 1 heterocycles. The Balaban J connectivity index is 1.44. The number of carbonyl (C=O) groups is 1. The Bertz CT molecular complexity index is 1380. The Morgan fingerprint density at radius 2 is 1.63 bits per heavy atom. The molecular formula is C36H46ClN3O3. The van der Waals surface area contributed by atoms with Crippen LogP contribution in [0.1, 0.15) is 68.7 Å². The molecule has 0 saturated heterocycles. The topological polar surface area (TPSA) is 45.3 Å². The van der Waals surface area contributed by atoms with Gasteiger partial charge >= 0.3 is 0 Å². The highest BCUT2D eigenvalue weighted by molar-refractivity contribution is 6.30. The Kier molecular flexibility index (Phi) is 9.88. The first kappa shape index (κ1) is 31.2. The highest BCUT2D eigenvalue weighted by Gasteiger charge is 2.36. The number of hydrogen-bond acceptors (Lipinski definition) is 5. The maximum absolute atomic E-state index is 13.9. The molecule has 1 aliphatic heterocycles. The molecule has 1 aliphatic carbocycles. The summed E-state index contributed by atoms with van der Waals surface area (Å²) in [7, 11) is 8.21. The van der Waals surface area contributed by atoms with Crippen LogP contribution in [0.3, 0.4) is 0 Å². The Morgan fingerprint density at radius 1 is 0.953 bits per heavy atom. The van der Waals surface area contributed by atoms with E-state index in [2.05, 4.69) is 75.1 Å². The molecule has 2 aliphatic rings. The minimum atomic E-state index is -0.325. The number of halogens is 1. The first-order chi connectivity index (χ1) is 20.7. The number of nitrogens with zero attached hydrogens (tertiary/aromatic N) is 3. The van der Waals surface area contributed by atoms with E-state index in [1.165, 1.54) is 31.4 Å². The Morgan fingerprint density at radius 3 is 2.23 bits per heavy atom. The van der Waals surface area contributed by atoms with Crippen molar-refractivity contribution < 1.29 is 14.3 Å².